The topological polar surface area (TPSA) is 79.5 Å². The van der Waals surface area contributed by atoms with E-state index in [1.54, 1.807) is 12.1 Å². The molecule has 1 amide bonds. The Kier molecular flexibility index (Phi) is 4.21. The van der Waals surface area contributed by atoms with Gasteiger partial charge in [-0.2, -0.15) is 18.3 Å². The number of aromatic nitrogens is 3. The zero-order valence-electron chi connectivity index (χ0n) is 15.9. The molecular weight excluding hydrogens is 409 g/mol. The van der Waals surface area contributed by atoms with Gasteiger partial charge in [-0.1, -0.05) is 24.3 Å². The first-order valence-electron chi connectivity index (χ1n) is 9.50. The molecule has 1 aliphatic carbocycles. The van der Waals surface area contributed by atoms with Gasteiger partial charge in [0, 0.05) is 22.9 Å². The molecule has 0 spiro atoms. The average Bonchev–Trinajstić information content (AvgIpc) is 3.16. The molecule has 6 nitrogen and oxygen atoms in total. The molecule has 1 aliphatic rings. The lowest BCUT2D eigenvalue weighted by Gasteiger charge is -2.23. The van der Waals surface area contributed by atoms with Crippen molar-refractivity contribution in [3.63, 3.8) is 0 Å². The van der Waals surface area contributed by atoms with Crippen molar-refractivity contribution in [3.05, 3.63) is 77.1 Å². The third-order valence-corrected chi connectivity index (χ3v) is 5.24. The summed E-state index contributed by atoms with van der Waals surface area (Å²) in [6.45, 7) is 0. The summed E-state index contributed by atoms with van der Waals surface area (Å²) in [4.78, 5) is 17.0. The molecule has 0 saturated heterocycles. The normalized spacial score (nSPS) is 13.0. The zero-order chi connectivity index (χ0) is 21.8. The van der Waals surface area contributed by atoms with Gasteiger partial charge < -0.3 is 10.4 Å². The number of nitrogens with zero attached hydrogens (tertiary/aromatic N) is 3. The predicted octanol–water partition coefficient (Wildman–Crippen LogP) is 4.47. The lowest BCUT2D eigenvalue weighted by atomic mass is 9.88. The molecule has 2 N–H and O–H groups in total. The summed E-state index contributed by atoms with van der Waals surface area (Å²) in [5, 5.41) is 15.8. The van der Waals surface area contributed by atoms with Crippen LogP contribution >= 0.6 is 0 Å². The standard InChI is InChI=1S/C22H15F3N4O2/c23-22(24,25)20-16-10-5-12-3-1-2-4-15(12)19(16)27-18-11-17(28-29(18)20)21(31)26-13-6-8-14(30)9-7-13/h1-4,6-9,11,30H,5,10H2,(H,26,31). The fraction of sp³-hybridized carbons (Fsp3) is 0.136. The van der Waals surface area contributed by atoms with E-state index >= 15 is 0 Å². The number of rotatable bonds is 2. The van der Waals surface area contributed by atoms with Gasteiger partial charge in [0.25, 0.3) is 5.91 Å². The number of aromatic hydroxyl groups is 1. The fourth-order valence-corrected chi connectivity index (χ4v) is 3.87. The number of aryl methyl sites for hydroxylation is 1. The van der Waals surface area contributed by atoms with Gasteiger partial charge in [0.2, 0.25) is 0 Å². The number of phenols is 1. The number of nitrogens with one attached hydrogen (secondary N) is 1. The zero-order valence-corrected chi connectivity index (χ0v) is 15.9. The van der Waals surface area contributed by atoms with E-state index in [4.69, 9.17) is 0 Å². The molecule has 9 heteroatoms. The van der Waals surface area contributed by atoms with Crippen LogP contribution < -0.4 is 5.32 Å². The number of halogens is 3. The SMILES string of the molecule is O=C(Nc1ccc(O)cc1)c1cc2nc3c(c(C(F)(F)F)n2n1)CCc1ccccc1-3. The Morgan fingerprint density at radius 3 is 2.55 bits per heavy atom. The Labute approximate surface area is 174 Å². The number of hydrogen-bond acceptors (Lipinski definition) is 4. The van der Waals surface area contributed by atoms with Crippen molar-refractivity contribution in [2.75, 3.05) is 5.32 Å². The highest BCUT2D eigenvalue weighted by molar-refractivity contribution is 6.03. The van der Waals surface area contributed by atoms with Crippen molar-refractivity contribution in [1.29, 1.82) is 0 Å². The maximum absolute atomic E-state index is 14.1. The van der Waals surface area contributed by atoms with Gasteiger partial charge in [0.05, 0.1) is 5.69 Å². The van der Waals surface area contributed by atoms with E-state index in [1.807, 2.05) is 12.1 Å². The highest BCUT2D eigenvalue weighted by Crippen LogP contribution is 2.40. The summed E-state index contributed by atoms with van der Waals surface area (Å²) in [5.41, 5.74) is 1.15. The Hall–Kier alpha value is -3.88. The smallest absolute Gasteiger partial charge is 0.433 e. The summed E-state index contributed by atoms with van der Waals surface area (Å²) >= 11 is 0. The molecule has 0 fully saturated rings. The van der Waals surface area contributed by atoms with Gasteiger partial charge in [0.1, 0.15) is 5.75 Å². The minimum absolute atomic E-state index is 0.0237. The van der Waals surface area contributed by atoms with Crippen LogP contribution in [-0.2, 0) is 19.0 Å². The third kappa shape index (κ3) is 3.27. The van der Waals surface area contributed by atoms with Crippen molar-refractivity contribution in [3.8, 4) is 17.0 Å². The molecule has 0 bridgehead atoms. The Bertz CT molecular complexity index is 1330. The van der Waals surface area contributed by atoms with E-state index in [-0.39, 0.29) is 34.8 Å². The fourth-order valence-electron chi connectivity index (χ4n) is 3.87. The van der Waals surface area contributed by atoms with Crippen LogP contribution in [0.2, 0.25) is 0 Å². The van der Waals surface area contributed by atoms with Crippen LogP contribution in [0.1, 0.15) is 27.3 Å². The number of alkyl halides is 3. The highest BCUT2D eigenvalue weighted by Gasteiger charge is 2.40. The minimum Gasteiger partial charge on any atom is -0.508 e. The minimum atomic E-state index is -4.67. The molecule has 31 heavy (non-hydrogen) atoms. The predicted molar refractivity (Wildman–Crippen MR) is 107 cm³/mol. The van der Waals surface area contributed by atoms with Crippen LogP contribution in [0.4, 0.5) is 18.9 Å². The van der Waals surface area contributed by atoms with Crippen molar-refractivity contribution in [1.82, 2.24) is 14.6 Å². The molecular formula is C22H15F3N4O2. The van der Waals surface area contributed by atoms with Crippen molar-refractivity contribution in [2.24, 2.45) is 0 Å². The Morgan fingerprint density at radius 1 is 1.06 bits per heavy atom. The van der Waals surface area contributed by atoms with E-state index in [9.17, 15) is 23.1 Å². The van der Waals surface area contributed by atoms with Gasteiger partial charge in [-0.05, 0) is 42.7 Å². The lowest BCUT2D eigenvalue weighted by Crippen LogP contribution is -2.21. The van der Waals surface area contributed by atoms with Crippen LogP contribution in [0.25, 0.3) is 16.9 Å². The number of benzene rings is 2. The third-order valence-electron chi connectivity index (χ3n) is 5.24. The Balaban J connectivity index is 1.65. The number of hydrogen-bond donors (Lipinski definition) is 2. The second-order valence-corrected chi connectivity index (χ2v) is 7.24. The van der Waals surface area contributed by atoms with Crippen molar-refractivity contribution < 1.29 is 23.1 Å². The maximum Gasteiger partial charge on any atom is 0.433 e. The Morgan fingerprint density at radius 2 is 1.81 bits per heavy atom. The first-order chi connectivity index (χ1) is 14.8. The molecule has 0 radical (unpaired) electrons. The first kappa shape index (κ1) is 19.1. The lowest BCUT2D eigenvalue weighted by molar-refractivity contribution is -0.143. The molecule has 2 heterocycles. The van der Waals surface area contributed by atoms with Gasteiger partial charge in [-0.15, -0.1) is 0 Å². The number of carbonyl (C=O) groups excluding carboxylic acids is 1. The molecule has 0 saturated carbocycles. The van der Waals surface area contributed by atoms with E-state index in [1.165, 1.54) is 30.3 Å². The van der Waals surface area contributed by atoms with Gasteiger partial charge in [-0.25, -0.2) is 9.50 Å². The van der Waals surface area contributed by atoms with Gasteiger partial charge in [-0.3, -0.25) is 4.79 Å². The molecule has 0 atom stereocenters. The van der Waals surface area contributed by atoms with Gasteiger partial charge >= 0.3 is 6.18 Å². The van der Waals surface area contributed by atoms with Crippen LogP contribution in [0, 0.1) is 0 Å². The maximum atomic E-state index is 14.1. The average molecular weight is 424 g/mol. The molecule has 156 valence electrons. The molecule has 0 unspecified atom stereocenters. The van der Waals surface area contributed by atoms with Crippen LogP contribution in [-0.4, -0.2) is 25.6 Å². The van der Waals surface area contributed by atoms with Crippen LogP contribution in [0.3, 0.4) is 0 Å². The van der Waals surface area contributed by atoms with E-state index in [2.05, 4.69) is 15.4 Å². The number of fused-ring (bicyclic) bond motifs is 4. The molecule has 0 aliphatic heterocycles. The molecule has 4 aromatic rings. The summed E-state index contributed by atoms with van der Waals surface area (Å²) in [5.74, 6) is -0.654. The van der Waals surface area contributed by atoms with Crippen molar-refractivity contribution in [2.45, 2.75) is 19.0 Å². The summed E-state index contributed by atoms with van der Waals surface area (Å²) in [7, 11) is 0. The summed E-state index contributed by atoms with van der Waals surface area (Å²) in [6, 6.07) is 14.2. The van der Waals surface area contributed by atoms with Crippen LogP contribution in [0.15, 0.2) is 54.6 Å². The number of amides is 1. The van der Waals surface area contributed by atoms with E-state index in [0.29, 0.717) is 22.2 Å². The quantitative estimate of drug-likeness (QED) is 0.466. The molecule has 2 aromatic carbocycles. The van der Waals surface area contributed by atoms with Gasteiger partial charge in [0.15, 0.2) is 17.0 Å². The van der Waals surface area contributed by atoms with E-state index in [0.717, 1.165) is 5.56 Å². The van der Waals surface area contributed by atoms with Crippen molar-refractivity contribution >= 4 is 17.2 Å². The second-order valence-electron chi connectivity index (χ2n) is 7.24. The van der Waals surface area contributed by atoms with Crippen LogP contribution in [0.5, 0.6) is 5.75 Å². The monoisotopic (exact) mass is 424 g/mol. The number of phenolic OH excluding ortho intramolecular Hbond substituents is 1. The molecule has 5 rings (SSSR count). The molecule has 2 aromatic heterocycles. The summed E-state index contributed by atoms with van der Waals surface area (Å²) in [6.07, 6.45) is -4.03. The largest absolute Gasteiger partial charge is 0.508 e. The highest BCUT2D eigenvalue weighted by atomic mass is 19.4. The van der Waals surface area contributed by atoms with E-state index < -0.39 is 17.8 Å². The number of carbonyl (C=O) groups is 1. The second kappa shape index (κ2) is 6.83. The number of anilines is 1. The summed E-state index contributed by atoms with van der Waals surface area (Å²) < 4.78 is 42.9. The first-order valence-corrected chi connectivity index (χ1v) is 9.50.